The summed E-state index contributed by atoms with van der Waals surface area (Å²) < 4.78 is 2.22. The molecule has 0 amide bonds. The van der Waals surface area contributed by atoms with E-state index in [1.165, 1.54) is 5.69 Å². The summed E-state index contributed by atoms with van der Waals surface area (Å²) >= 11 is 1.70. The van der Waals surface area contributed by atoms with Crippen LogP contribution in [0.4, 0.5) is 5.82 Å². The van der Waals surface area contributed by atoms with Crippen molar-refractivity contribution in [2.75, 3.05) is 18.0 Å². The van der Waals surface area contributed by atoms with Crippen LogP contribution < -0.4 is 10.2 Å². The van der Waals surface area contributed by atoms with Crippen LogP contribution in [0.25, 0.3) is 4.96 Å². The molecular weight excluding hydrogens is 280 g/mol. The molecule has 4 nitrogen and oxygen atoms in total. The summed E-state index contributed by atoms with van der Waals surface area (Å²) in [6, 6.07) is 0. The first-order valence-electron chi connectivity index (χ1n) is 7.76. The highest BCUT2D eigenvalue weighted by molar-refractivity contribution is 7.15. The highest BCUT2D eigenvalue weighted by atomic mass is 32.1. The summed E-state index contributed by atoms with van der Waals surface area (Å²) in [6.07, 6.45) is 2.12. The van der Waals surface area contributed by atoms with Crippen molar-refractivity contribution in [3.05, 3.63) is 17.3 Å². The Kier molecular flexibility index (Phi) is 4.94. The van der Waals surface area contributed by atoms with Crippen LogP contribution in [0.1, 0.15) is 47.2 Å². The molecule has 0 saturated heterocycles. The Labute approximate surface area is 132 Å². The van der Waals surface area contributed by atoms with Gasteiger partial charge in [0.25, 0.3) is 0 Å². The van der Waals surface area contributed by atoms with E-state index in [2.05, 4.69) is 67.7 Å². The van der Waals surface area contributed by atoms with E-state index in [4.69, 9.17) is 4.98 Å². The minimum atomic E-state index is 0.104. The number of thiazole rings is 1. The number of rotatable bonds is 6. The van der Waals surface area contributed by atoms with Gasteiger partial charge in [-0.15, -0.1) is 11.3 Å². The molecule has 2 aromatic heterocycles. The molecule has 0 atom stereocenters. The third kappa shape index (κ3) is 3.98. The fourth-order valence-corrected chi connectivity index (χ4v) is 3.12. The van der Waals surface area contributed by atoms with Gasteiger partial charge in [-0.25, -0.2) is 4.98 Å². The van der Waals surface area contributed by atoms with E-state index in [0.717, 1.165) is 30.4 Å². The van der Waals surface area contributed by atoms with Gasteiger partial charge in [-0.1, -0.05) is 13.8 Å². The second-order valence-corrected chi connectivity index (χ2v) is 7.85. The van der Waals surface area contributed by atoms with E-state index < -0.39 is 0 Å². The molecule has 0 spiro atoms. The minimum absolute atomic E-state index is 0.104. The topological polar surface area (TPSA) is 32.6 Å². The lowest BCUT2D eigenvalue weighted by Crippen LogP contribution is -2.36. The molecule has 2 rings (SSSR count). The molecule has 2 heterocycles. The number of nitrogens with zero attached hydrogens (tertiary/aromatic N) is 3. The molecular formula is C16H28N4S. The lowest BCUT2D eigenvalue weighted by Gasteiger charge is -2.26. The quantitative estimate of drug-likeness (QED) is 0.882. The van der Waals surface area contributed by atoms with Crippen LogP contribution in [-0.4, -0.2) is 28.0 Å². The summed E-state index contributed by atoms with van der Waals surface area (Å²) in [5, 5.41) is 5.70. The maximum absolute atomic E-state index is 4.86. The second-order valence-electron chi connectivity index (χ2n) is 6.97. The molecule has 118 valence electrons. The van der Waals surface area contributed by atoms with Crippen molar-refractivity contribution < 1.29 is 0 Å². The molecule has 5 heteroatoms. The van der Waals surface area contributed by atoms with E-state index in [1.54, 1.807) is 11.3 Å². The zero-order valence-corrected chi connectivity index (χ0v) is 14.9. The van der Waals surface area contributed by atoms with Crippen LogP contribution >= 0.6 is 11.3 Å². The third-order valence-corrected chi connectivity index (χ3v) is 4.15. The number of aromatic nitrogens is 2. The molecule has 0 aliphatic heterocycles. The number of fused-ring (bicyclic) bond motifs is 1. The summed E-state index contributed by atoms with van der Waals surface area (Å²) in [6.45, 7) is 16.2. The lowest BCUT2D eigenvalue weighted by atomic mass is 10.1. The second kappa shape index (κ2) is 6.36. The molecule has 0 aromatic carbocycles. The first kappa shape index (κ1) is 16.3. The number of anilines is 1. The monoisotopic (exact) mass is 308 g/mol. The van der Waals surface area contributed by atoms with Gasteiger partial charge in [-0.3, -0.25) is 4.40 Å². The van der Waals surface area contributed by atoms with Gasteiger partial charge in [0, 0.05) is 36.8 Å². The largest absolute Gasteiger partial charge is 0.355 e. The molecule has 0 aliphatic carbocycles. The zero-order chi connectivity index (χ0) is 15.6. The standard InChI is InChI=1S/C16H28N4S/c1-7-19(11-12(2)3)14-13(10-17-16(4,5)6)20-8-9-21-15(20)18-14/h8-9,12,17H,7,10-11H2,1-6H3. The first-order chi connectivity index (χ1) is 9.81. The van der Waals surface area contributed by atoms with Crippen molar-refractivity contribution >= 4 is 22.1 Å². The van der Waals surface area contributed by atoms with Gasteiger partial charge in [0.1, 0.15) is 0 Å². The fourth-order valence-electron chi connectivity index (χ4n) is 2.39. The Balaban J connectivity index is 2.35. The molecule has 2 aromatic rings. The fraction of sp³-hybridized carbons (Fsp3) is 0.688. The van der Waals surface area contributed by atoms with E-state index >= 15 is 0 Å². The normalized spacial score (nSPS) is 12.5. The van der Waals surface area contributed by atoms with Gasteiger partial charge < -0.3 is 10.2 Å². The number of hydrogen-bond acceptors (Lipinski definition) is 4. The Morgan fingerprint density at radius 2 is 2.10 bits per heavy atom. The average Bonchev–Trinajstić information content (AvgIpc) is 2.92. The smallest absolute Gasteiger partial charge is 0.195 e. The average molecular weight is 308 g/mol. The van der Waals surface area contributed by atoms with E-state index in [-0.39, 0.29) is 5.54 Å². The van der Waals surface area contributed by atoms with E-state index in [9.17, 15) is 0 Å². The molecule has 0 radical (unpaired) electrons. The first-order valence-corrected chi connectivity index (χ1v) is 8.64. The summed E-state index contributed by atoms with van der Waals surface area (Å²) in [5.41, 5.74) is 1.37. The predicted octanol–water partition coefficient (Wildman–Crippen LogP) is 3.77. The summed E-state index contributed by atoms with van der Waals surface area (Å²) in [7, 11) is 0. The van der Waals surface area contributed by atoms with Gasteiger partial charge in [0.2, 0.25) is 0 Å². The molecule has 0 fully saturated rings. The zero-order valence-electron chi connectivity index (χ0n) is 14.1. The molecule has 0 bridgehead atoms. The minimum Gasteiger partial charge on any atom is -0.355 e. The van der Waals surface area contributed by atoms with Crippen molar-refractivity contribution in [2.24, 2.45) is 5.92 Å². The van der Waals surface area contributed by atoms with Crippen molar-refractivity contribution in [3.63, 3.8) is 0 Å². The van der Waals surface area contributed by atoms with Crippen LogP contribution in [0.2, 0.25) is 0 Å². The molecule has 0 aliphatic rings. The predicted molar refractivity (Wildman–Crippen MR) is 92.4 cm³/mol. The van der Waals surface area contributed by atoms with Crippen molar-refractivity contribution in [3.8, 4) is 0 Å². The maximum atomic E-state index is 4.86. The number of imidazole rings is 1. The summed E-state index contributed by atoms with van der Waals surface area (Å²) in [4.78, 5) is 8.34. The van der Waals surface area contributed by atoms with Gasteiger partial charge in [0.05, 0.1) is 5.69 Å². The Morgan fingerprint density at radius 1 is 1.38 bits per heavy atom. The van der Waals surface area contributed by atoms with Crippen molar-refractivity contribution in [1.82, 2.24) is 14.7 Å². The Morgan fingerprint density at radius 3 is 2.67 bits per heavy atom. The molecule has 1 N–H and O–H groups in total. The molecule has 0 saturated carbocycles. The molecule has 21 heavy (non-hydrogen) atoms. The van der Waals surface area contributed by atoms with E-state index in [0.29, 0.717) is 5.92 Å². The maximum Gasteiger partial charge on any atom is 0.195 e. The Hall–Kier alpha value is -1.07. The van der Waals surface area contributed by atoms with Gasteiger partial charge in [-0.2, -0.15) is 0 Å². The number of nitrogens with one attached hydrogen (secondary N) is 1. The van der Waals surface area contributed by atoms with Crippen molar-refractivity contribution in [2.45, 2.75) is 53.6 Å². The van der Waals surface area contributed by atoms with Crippen molar-refractivity contribution in [1.29, 1.82) is 0 Å². The van der Waals surface area contributed by atoms with E-state index in [1.807, 2.05) is 0 Å². The SMILES string of the molecule is CCN(CC(C)C)c1nc2sccn2c1CNC(C)(C)C. The van der Waals surface area contributed by atoms with Gasteiger partial charge >= 0.3 is 0 Å². The van der Waals surface area contributed by atoms with Crippen LogP contribution in [0.15, 0.2) is 11.6 Å². The van der Waals surface area contributed by atoms with Crippen LogP contribution in [0.3, 0.4) is 0 Å². The summed E-state index contributed by atoms with van der Waals surface area (Å²) in [5.74, 6) is 1.77. The van der Waals surface area contributed by atoms with Crippen LogP contribution in [0.5, 0.6) is 0 Å². The highest BCUT2D eigenvalue weighted by Gasteiger charge is 2.20. The van der Waals surface area contributed by atoms with Gasteiger partial charge in [-0.05, 0) is 33.6 Å². The van der Waals surface area contributed by atoms with Crippen LogP contribution in [-0.2, 0) is 6.54 Å². The third-order valence-electron chi connectivity index (χ3n) is 3.39. The number of hydrogen-bond donors (Lipinski definition) is 1. The van der Waals surface area contributed by atoms with Crippen LogP contribution in [0, 0.1) is 5.92 Å². The lowest BCUT2D eigenvalue weighted by molar-refractivity contribution is 0.420. The van der Waals surface area contributed by atoms with Gasteiger partial charge in [0.15, 0.2) is 10.8 Å². The molecule has 0 unspecified atom stereocenters. The highest BCUT2D eigenvalue weighted by Crippen LogP contribution is 2.25. The Bertz CT molecular complexity index is 577.